The van der Waals surface area contributed by atoms with E-state index in [4.69, 9.17) is 19.3 Å². The molecular formula is C18H34N2O6. The van der Waals surface area contributed by atoms with E-state index in [0.717, 1.165) is 52.1 Å². The molecular weight excluding hydrogens is 340 g/mol. The zero-order valence-electron chi connectivity index (χ0n) is 16.4. The Morgan fingerprint density at radius 1 is 0.885 bits per heavy atom. The number of carbonyl (C=O) groups excluding carboxylic acids is 1. The van der Waals surface area contributed by atoms with Gasteiger partial charge in [-0.1, -0.05) is 0 Å². The van der Waals surface area contributed by atoms with Crippen LogP contribution in [-0.2, 0) is 23.8 Å². The van der Waals surface area contributed by atoms with Gasteiger partial charge in [-0.25, -0.2) is 9.59 Å². The molecule has 26 heavy (non-hydrogen) atoms. The van der Waals surface area contributed by atoms with Gasteiger partial charge in [-0.05, 0) is 33.6 Å². The first kappa shape index (κ1) is 22.8. The Morgan fingerprint density at radius 2 is 1.35 bits per heavy atom. The number of nitrogens with zero attached hydrogens (tertiary/aromatic N) is 2. The summed E-state index contributed by atoms with van der Waals surface area (Å²) in [6.07, 6.45) is 1.75. The van der Waals surface area contributed by atoms with E-state index in [9.17, 15) is 9.59 Å². The third kappa shape index (κ3) is 12.2. The lowest BCUT2D eigenvalue weighted by Crippen LogP contribution is -2.47. The second-order valence-electron chi connectivity index (χ2n) is 7.48. The summed E-state index contributed by atoms with van der Waals surface area (Å²) in [5.41, 5.74) is -0.470. The van der Waals surface area contributed by atoms with Gasteiger partial charge in [0.25, 0.3) is 0 Å². The van der Waals surface area contributed by atoms with Crippen molar-refractivity contribution in [2.75, 3.05) is 65.7 Å². The topological polar surface area (TPSA) is 88.5 Å². The number of aliphatic carboxylic acids is 1. The fourth-order valence-corrected chi connectivity index (χ4v) is 2.70. The maximum atomic E-state index is 11.5. The maximum Gasteiger partial charge on any atom is 0.332 e. The molecule has 0 aromatic carbocycles. The number of esters is 1. The van der Waals surface area contributed by atoms with Gasteiger partial charge in [0.1, 0.15) is 18.8 Å². The van der Waals surface area contributed by atoms with Crippen LogP contribution in [0.1, 0.15) is 33.6 Å². The van der Waals surface area contributed by atoms with Gasteiger partial charge in [-0.3, -0.25) is 0 Å². The minimum atomic E-state index is -0.923. The molecule has 8 heteroatoms. The van der Waals surface area contributed by atoms with E-state index in [-0.39, 0.29) is 19.2 Å². The lowest BCUT2D eigenvalue weighted by atomic mass is 10.2. The number of carboxylic acids is 1. The van der Waals surface area contributed by atoms with Crippen molar-refractivity contribution in [3.8, 4) is 0 Å². The van der Waals surface area contributed by atoms with Gasteiger partial charge in [-0.15, -0.1) is 0 Å². The number of hydrogen-bond donors (Lipinski definition) is 1. The summed E-state index contributed by atoms with van der Waals surface area (Å²) in [6, 6.07) is 0. The molecule has 1 aliphatic rings. The van der Waals surface area contributed by atoms with E-state index in [1.54, 1.807) is 0 Å². The largest absolute Gasteiger partial charge is 0.480 e. The monoisotopic (exact) mass is 374 g/mol. The predicted molar refractivity (Wildman–Crippen MR) is 97.2 cm³/mol. The van der Waals surface area contributed by atoms with Gasteiger partial charge in [0.05, 0.1) is 0 Å². The second-order valence-corrected chi connectivity index (χ2v) is 7.48. The molecule has 0 aromatic rings. The molecule has 1 heterocycles. The molecule has 0 aromatic heterocycles. The molecule has 1 fully saturated rings. The summed E-state index contributed by atoms with van der Waals surface area (Å²) in [6.45, 7) is 12.3. The van der Waals surface area contributed by atoms with E-state index < -0.39 is 11.6 Å². The number of ether oxygens (including phenoxy) is 3. The van der Waals surface area contributed by atoms with Crippen LogP contribution in [0.4, 0.5) is 0 Å². The number of piperazine rings is 1. The summed E-state index contributed by atoms with van der Waals surface area (Å²) in [4.78, 5) is 26.6. The quantitative estimate of drug-likeness (QED) is 0.397. The van der Waals surface area contributed by atoms with Crippen LogP contribution >= 0.6 is 0 Å². The van der Waals surface area contributed by atoms with Crippen molar-refractivity contribution < 1.29 is 28.9 Å². The zero-order valence-corrected chi connectivity index (χ0v) is 16.4. The molecule has 152 valence electrons. The number of rotatable bonds is 12. The highest BCUT2D eigenvalue weighted by Gasteiger charge is 2.17. The van der Waals surface area contributed by atoms with Crippen LogP contribution in [0.3, 0.4) is 0 Å². The average Bonchev–Trinajstić information content (AvgIpc) is 2.53. The first-order valence-corrected chi connectivity index (χ1v) is 9.30. The van der Waals surface area contributed by atoms with Gasteiger partial charge in [0.15, 0.2) is 0 Å². The van der Waals surface area contributed by atoms with Crippen molar-refractivity contribution in [2.45, 2.75) is 39.2 Å². The van der Waals surface area contributed by atoms with E-state index in [1.165, 1.54) is 0 Å². The van der Waals surface area contributed by atoms with E-state index in [1.807, 2.05) is 20.8 Å². The molecule has 0 bridgehead atoms. The Morgan fingerprint density at radius 3 is 1.77 bits per heavy atom. The molecule has 1 N–H and O–H groups in total. The standard InChI is InChI=1S/C18H34N2O6/c1-18(2,3)26-17(23)15-25-13-5-7-20-10-8-19(9-11-20)6-4-12-24-14-16(21)22/h4-15H2,1-3H3,(H,21,22). The molecule has 1 aliphatic heterocycles. The molecule has 8 nitrogen and oxygen atoms in total. The molecule has 0 unspecified atom stereocenters. The van der Waals surface area contributed by atoms with Crippen molar-refractivity contribution in [1.29, 1.82) is 0 Å². The van der Waals surface area contributed by atoms with Crippen LogP contribution in [0.15, 0.2) is 0 Å². The van der Waals surface area contributed by atoms with Gasteiger partial charge < -0.3 is 29.1 Å². The van der Waals surface area contributed by atoms with E-state index >= 15 is 0 Å². The van der Waals surface area contributed by atoms with Crippen LogP contribution in [0.25, 0.3) is 0 Å². The fraction of sp³-hybridized carbons (Fsp3) is 0.889. The van der Waals surface area contributed by atoms with Crippen LogP contribution in [-0.4, -0.2) is 98.1 Å². The average molecular weight is 374 g/mol. The van der Waals surface area contributed by atoms with Crippen molar-refractivity contribution >= 4 is 11.9 Å². The Labute approximate surface area is 156 Å². The zero-order chi connectivity index (χ0) is 19.4. The molecule has 0 radical (unpaired) electrons. The summed E-state index contributed by atoms with van der Waals surface area (Å²) in [5, 5.41) is 8.49. The number of carboxylic acid groups (broad SMARTS) is 1. The summed E-state index contributed by atoms with van der Waals surface area (Å²) in [7, 11) is 0. The van der Waals surface area contributed by atoms with Crippen molar-refractivity contribution in [1.82, 2.24) is 9.80 Å². The minimum Gasteiger partial charge on any atom is -0.480 e. The third-order valence-electron chi connectivity index (χ3n) is 3.86. The highest BCUT2D eigenvalue weighted by molar-refractivity contribution is 5.71. The summed E-state index contributed by atoms with van der Waals surface area (Å²) < 4.78 is 15.6. The number of hydrogen-bond acceptors (Lipinski definition) is 7. The van der Waals surface area contributed by atoms with Crippen molar-refractivity contribution in [2.24, 2.45) is 0 Å². The summed E-state index contributed by atoms with van der Waals surface area (Å²) >= 11 is 0. The molecule has 0 spiro atoms. The normalized spacial score (nSPS) is 16.6. The Bertz CT molecular complexity index is 416. The molecule has 0 atom stereocenters. The van der Waals surface area contributed by atoms with Crippen molar-refractivity contribution in [3.63, 3.8) is 0 Å². The predicted octanol–water partition coefficient (Wildman–Crippen LogP) is 0.844. The van der Waals surface area contributed by atoms with Gasteiger partial charge in [0, 0.05) is 52.5 Å². The highest BCUT2D eigenvalue weighted by atomic mass is 16.6. The fourth-order valence-electron chi connectivity index (χ4n) is 2.70. The third-order valence-corrected chi connectivity index (χ3v) is 3.86. The first-order chi connectivity index (χ1) is 12.3. The van der Waals surface area contributed by atoms with Gasteiger partial charge >= 0.3 is 11.9 Å². The Kier molecular flexibility index (Phi) is 10.7. The van der Waals surface area contributed by atoms with Crippen LogP contribution < -0.4 is 0 Å². The molecule has 1 saturated heterocycles. The lowest BCUT2D eigenvalue weighted by Gasteiger charge is -2.34. The van der Waals surface area contributed by atoms with Crippen LogP contribution in [0, 0.1) is 0 Å². The molecule has 0 aliphatic carbocycles. The Balaban J connectivity index is 1.97. The lowest BCUT2D eigenvalue weighted by molar-refractivity contribution is -0.160. The molecule has 0 amide bonds. The minimum absolute atomic E-state index is 0.00893. The van der Waals surface area contributed by atoms with E-state index in [2.05, 4.69) is 9.80 Å². The summed E-state index contributed by atoms with van der Waals surface area (Å²) in [5.74, 6) is -1.24. The van der Waals surface area contributed by atoms with Crippen molar-refractivity contribution in [3.05, 3.63) is 0 Å². The highest BCUT2D eigenvalue weighted by Crippen LogP contribution is 2.07. The Hall–Kier alpha value is -1.22. The van der Waals surface area contributed by atoms with Gasteiger partial charge in [-0.2, -0.15) is 0 Å². The van der Waals surface area contributed by atoms with E-state index in [0.29, 0.717) is 13.2 Å². The second kappa shape index (κ2) is 12.2. The molecule has 0 saturated carbocycles. The first-order valence-electron chi connectivity index (χ1n) is 9.30. The van der Waals surface area contributed by atoms with Crippen LogP contribution in [0.2, 0.25) is 0 Å². The number of carbonyl (C=O) groups is 2. The van der Waals surface area contributed by atoms with Gasteiger partial charge in [0.2, 0.25) is 0 Å². The molecule has 1 rings (SSSR count). The maximum absolute atomic E-state index is 11.5. The smallest absolute Gasteiger partial charge is 0.332 e. The SMILES string of the molecule is CC(C)(C)OC(=O)COCCCN1CCN(CCCOCC(=O)O)CC1. The van der Waals surface area contributed by atoms with Crippen LogP contribution in [0.5, 0.6) is 0 Å².